The highest BCUT2D eigenvalue weighted by Gasteiger charge is 2.12. The zero-order valence-corrected chi connectivity index (χ0v) is 18.3. The molecule has 0 amide bonds. The van der Waals surface area contributed by atoms with Gasteiger partial charge in [-0.25, -0.2) is 4.79 Å². The summed E-state index contributed by atoms with van der Waals surface area (Å²) in [5.41, 5.74) is 3.50. The molecule has 160 valence electrons. The summed E-state index contributed by atoms with van der Waals surface area (Å²) in [6.07, 6.45) is 0. The lowest BCUT2D eigenvalue weighted by molar-refractivity contribution is 0.0597. The van der Waals surface area contributed by atoms with Gasteiger partial charge in [-0.2, -0.15) is 0 Å². The van der Waals surface area contributed by atoms with Crippen LogP contribution in [-0.4, -0.2) is 34.4 Å². The first-order valence-corrected chi connectivity index (χ1v) is 9.70. The molecule has 0 saturated carbocycles. The molecule has 3 rings (SSSR count). The van der Waals surface area contributed by atoms with Crippen LogP contribution in [0.3, 0.4) is 0 Å². The smallest absolute Gasteiger partial charge is 0.341 e. The number of hydrogen-bond acceptors (Lipinski definition) is 5. The Labute approximate surface area is 187 Å². The van der Waals surface area contributed by atoms with Crippen molar-refractivity contribution in [2.75, 3.05) is 28.4 Å². The molecule has 3 aromatic rings. The van der Waals surface area contributed by atoms with Crippen LogP contribution < -0.4 is 14.2 Å². The highest BCUT2D eigenvalue weighted by atomic mass is 16.5. The van der Waals surface area contributed by atoms with Crippen molar-refractivity contribution in [1.82, 2.24) is 0 Å². The zero-order valence-electron chi connectivity index (χ0n) is 18.3. The molecule has 0 spiro atoms. The van der Waals surface area contributed by atoms with Gasteiger partial charge in [-0.05, 0) is 48.5 Å². The molecule has 0 aliphatic heterocycles. The molecule has 0 radical (unpaired) electrons. The minimum atomic E-state index is -0.457. The van der Waals surface area contributed by atoms with Crippen LogP contribution in [0, 0.1) is 23.7 Å². The number of methoxy groups -OCH3 is 4. The van der Waals surface area contributed by atoms with Crippen LogP contribution in [0.15, 0.2) is 60.7 Å². The maximum Gasteiger partial charge on any atom is 0.341 e. The van der Waals surface area contributed by atoms with E-state index in [0.717, 1.165) is 22.3 Å². The number of carbonyl (C=O) groups is 1. The third-order valence-electron chi connectivity index (χ3n) is 4.52. The van der Waals surface area contributed by atoms with Gasteiger partial charge in [0.1, 0.15) is 22.8 Å². The lowest BCUT2D eigenvalue weighted by Gasteiger charge is -2.06. The third kappa shape index (κ3) is 5.62. The Hall–Kier alpha value is -4.35. The monoisotopic (exact) mass is 426 g/mol. The van der Waals surface area contributed by atoms with Crippen molar-refractivity contribution in [3.05, 3.63) is 88.5 Å². The first kappa shape index (κ1) is 22.3. The molecule has 0 aromatic heterocycles. The first-order valence-electron chi connectivity index (χ1n) is 9.70. The zero-order chi connectivity index (χ0) is 22.9. The van der Waals surface area contributed by atoms with Gasteiger partial charge in [0.25, 0.3) is 0 Å². The number of esters is 1. The molecule has 0 bridgehead atoms. The van der Waals surface area contributed by atoms with Gasteiger partial charge < -0.3 is 18.9 Å². The van der Waals surface area contributed by atoms with Crippen LogP contribution in [0.2, 0.25) is 0 Å². The number of benzene rings is 3. The Kier molecular flexibility index (Phi) is 7.41. The maximum absolute atomic E-state index is 11.8. The molecular weight excluding hydrogens is 404 g/mol. The van der Waals surface area contributed by atoms with E-state index in [1.165, 1.54) is 14.2 Å². The average Bonchev–Trinajstić information content (AvgIpc) is 2.85. The fraction of sp³-hybridized carbons (Fsp3) is 0.148. The summed E-state index contributed by atoms with van der Waals surface area (Å²) in [7, 11) is 6.04. The van der Waals surface area contributed by atoms with E-state index in [9.17, 15) is 4.79 Å². The highest BCUT2D eigenvalue weighted by Crippen LogP contribution is 2.22. The highest BCUT2D eigenvalue weighted by molar-refractivity contribution is 5.92. The van der Waals surface area contributed by atoms with E-state index in [1.807, 2.05) is 36.4 Å². The minimum Gasteiger partial charge on any atom is -0.497 e. The van der Waals surface area contributed by atoms with Crippen molar-refractivity contribution in [2.45, 2.75) is 0 Å². The second-order valence-corrected chi connectivity index (χ2v) is 6.59. The van der Waals surface area contributed by atoms with E-state index in [0.29, 0.717) is 22.8 Å². The van der Waals surface area contributed by atoms with Crippen LogP contribution in [-0.2, 0) is 4.74 Å². The van der Waals surface area contributed by atoms with Gasteiger partial charge >= 0.3 is 5.97 Å². The quantitative estimate of drug-likeness (QED) is 0.460. The molecule has 0 N–H and O–H groups in total. The van der Waals surface area contributed by atoms with Crippen LogP contribution in [0.25, 0.3) is 0 Å². The summed E-state index contributed by atoms with van der Waals surface area (Å²) < 4.78 is 20.6. The van der Waals surface area contributed by atoms with Gasteiger partial charge in [0.15, 0.2) is 0 Å². The fourth-order valence-corrected chi connectivity index (χ4v) is 2.89. The van der Waals surface area contributed by atoms with Gasteiger partial charge in [-0.1, -0.05) is 29.7 Å². The summed E-state index contributed by atoms with van der Waals surface area (Å²) in [6.45, 7) is 0. The van der Waals surface area contributed by atoms with Gasteiger partial charge in [-0.15, -0.1) is 0 Å². The Morgan fingerprint density at radius 2 is 1.19 bits per heavy atom. The molecule has 0 aliphatic rings. The van der Waals surface area contributed by atoms with Crippen LogP contribution in [0.1, 0.15) is 32.6 Å². The summed E-state index contributed by atoms with van der Waals surface area (Å²) in [6, 6.07) is 18.2. The Morgan fingerprint density at radius 1 is 0.625 bits per heavy atom. The molecule has 32 heavy (non-hydrogen) atoms. The van der Waals surface area contributed by atoms with Crippen molar-refractivity contribution >= 4 is 5.97 Å². The van der Waals surface area contributed by atoms with Crippen molar-refractivity contribution in [2.24, 2.45) is 0 Å². The summed E-state index contributed by atoms with van der Waals surface area (Å²) in [5, 5.41) is 0. The summed E-state index contributed by atoms with van der Waals surface area (Å²) in [4.78, 5) is 11.8. The second-order valence-electron chi connectivity index (χ2n) is 6.59. The summed E-state index contributed by atoms with van der Waals surface area (Å²) >= 11 is 0. The van der Waals surface area contributed by atoms with Gasteiger partial charge in [-0.3, -0.25) is 0 Å². The van der Waals surface area contributed by atoms with Gasteiger partial charge in [0.2, 0.25) is 0 Å². The fourth-order valence-electron chi connectivity index (χ4n) is 2.89. The number of rotatable bonds is 4. The van der Waals surface area contributed by atoms with E-state index >= 15 is 0 Å². The molecule has 5 heteroatoms. The largest absolute Gasteiger partial charge is 0.497 e. The molecule has 3 aromatic carbocycles. The predicted octanol–water partition coefficient (Wildman–Crippen LogP) is 4.30. The molecule has 0 unspecified atom stereocenters. The molecule has 5 nitrogen and oxygen atoms in total. The van der Waals surface area contributed by atoms with E-state index in [2.05, 4.69) is 23.7 Å². The van der Waals surface area contributed by atoms with Crippen molar-refractivity contribution in [3.8, 4) is 40.9 Å². The molecular formula is C27H22O5. The Morgan fingerprint density at radius 3 is 1.72 bits per heavy atom. The van der Waals surface area contributed by atoms with Crippen LogP contribution in [0.5, 0.6) is 17.2 Å². The van der Waals surface area contributed by atoms with E-state index in [-0.39, 0.29) is 0 Å². The molecule has 0 aliphatic carbocycles. The normalized spacial score (nSPS) is 9.50. The van der Waals surface area contributed by atoms with Crippen molar-refractivity contribution in [3.63, 3.8) is 0 Å². The van der Waals surface area contributed by atoms with Crippen molar-refractivity contribution in [1.29, 1.82) is 0 Å². The van der Waals surface area contributed by atoms with E-state index in [1.54, 1.807) is 38.5 Å². The minimum absolute atomic E-state index is 0.354. The van der Waals surface area contributed by atoms with Gasteiger partial charge in [0.05, 0.1) is 28.4 Å². The molecule has 0 fully saturated rings. The Balaban J connectivity index is 1.84. The lowest BCUT2D eigenvalue weighted by atomic mass is 10.1. The van der Waals surface area contributed by atoms with E-state index in [4.69, 9.17) is 18.9 Å². The van der Waals surface area contributed by atoms with Crippen LogP contribution >= 0.6 is 0 Å². The maximum atomic E-state index is 11.8. The van der Waals surface area contributed by atoms with E-state index < -0.39 is 5.97 Å². The standard InChI is InChI=1S/C27H22O5/c1-29-23-15-22(16-24(18-23)30-2)11-10-20-7-5-6-19(14-20)8-9-21-12-13-25(27(28)32-4)26(17-21)31-3/h5-7,12-18H,1-4H3. The third-order valence-corrected chi connectivity index (χ3v) is 4.52. The SMILES string of the molecule is COC(=O)c1ccc(C#Cc2cccc(C#Cc3cc(OC)cc(OC)c3)c2)cc1OC. The first-order chi connectivity index (χ1) is 15.6. The Bertz CT molecular complexity index is 1230. The van der Waals surface area contributed by atoms with Gasteiger partial charge in [0, 0.05) is 28.3 Å². The average molecular weight is 426 g/mol. The number of carbonyl (C=O) groups excluding carboxylic acids is 1. The molecule has 0 heterocycles. The molecule has 0 atom stereocenters. The topological polar surface area (TPSA) is 54.0 Å². The van der Waals surface area contributed by atoms with Crippen LogP contribution in [0.4, 0.5) is 0 Å². The number of ether oxygens (including phenoxy) is 4. The predicted molar refractivity (Wildman–Crippen MR) is 122 cm³/mol. The molecule has 0 saturated heterocycles. The number of hydrogen-bond donors (Lipinski definition) is 0. The second kappa shape index (κ2) is 10.6. The van der Waals surface area contributed by atoms with Crippen molar-refractivity contribution < 1.29 is 23.7 Å². The summed E-state index contributed by atoms with van der Waals surface area (Å²) in [5.74, 6) is 13.8. The lowest BCUT2D eigenvalue weighted by Crippen LogP contribution is -2.04.